The number of hydrogen-bond donors (Lipinski definition) is 2. The minimum atomic E-state index is -4.17. The molecule has 2 heterocycles. The molecule has 2 fully saturated rings. The van der Waals surface area contributed by atoms with Crippen LogP contribution in [0.1, 0.15) is 6.92 Å². The quantitative estimate of drug-likeness (QED) is 0.730. The number of carbonyl (C=O) groups is 1. The number of carbonyl (C=O) groups excluding carboxylic acids is 1. The van der Waals surface area contributed by atoms with Crippen molar-refractivity contribution in [3.63, 3.8) is 0 Å². The average Bonchev–Trinajstić information content (AvgIpc) is 2.38. The highest BCUT2D eigenvalue weighted by molar-refractivity contribution is 5.82. The summed E-state index contributed by atoms with van der Waals surface area (Å²) >= 11 is 0. The van der Waals surface area contributed by atoms with Crippen LogP contribution in [0.25, 0.3) is 0 Å². The van der Waals surface area contributed by atoms with E-state index >= 15 is 0 Å². The molecule has 0 aromatic rings. The molecule has 0 spiro atoms. The van der Waals surface area contributed by atoms with Gasteiger partial charge in [-0.1, -0.05) is 0 Å². The third-order valence-corrected chi connectivity index (χ3v) is 3.73. The number of nitrogens with one attached hydrogen (secondary N) is 2. The lowest BCUT2D eigenvalue weighted by Gasteiger charge is -2.38. The first-order valence-electron chi connectivity index (χ1n) is 6.90. The zero-order valence-corrected chi connectivity index (χ0v) is 11.5. The second kappa shape index (κ2) is 6.28. The molecule has 20 heavy (non-hydrogen) atoms. The monoisotopic (exact) mass is 294 g/mol. The van der Waals surface area contributed by atoms with Crippen molar-refractivity contribution in [3.8, 4) is 0 Å². The maximum atomic E-state index is 12.3. The minimum absolute atomic E-state index is 0.0175. The van der Waals surface area contributed by atoms with Crippen molar-refractivity contribution < 1.29 is 18.0 Å². The fourth-order valence-corrected chi connectivity index (χ4v) is 2.56. The molecule has 0 saturated carbocycles. The Morgan fingerprint density at radius 3 is 2.30 bits per heavy atom. The van der Waals surface area contributed by atoms with Crippen LogP contribution < -0.4 is 10.6 Å². The minimum Gasteiger partial charge on any atom is -0.339 e. The Kier molecular flexibility index (Phi) is 4.87. The number of hydrogen-bond acceptors (Lipinski definition) is 4. The predicted molar refractivity (Wildman–Crippen MR) is 68.3 cm³/mol. The molecule has 0 radical (unpaired) electrons. The molecule has 2 rings (SSSR count). The molecule has 2 aliphatic heterocycles. The Bertz CT molecular complexity index is 334. The Hall–Kier alpha value is -0.860. The third-order valence-electron chi connectivity index (χ3n) is 3.73. The number of halogens is 3. The Morgan fingerprint density at radius 2 is 1.80 bits per heavy atom. The lowest BCUT2D eigenvalue weighted by atomic mass is 10.1. The molecule has 2 atom stereocenters. The van der Waals surface area contributed by atoms with Crippen molar-refractivity contribution in [2.45, 2.75) is 25.2 Å². The summed E-state index contributed by atoms with van der Waals surface area (Å²) in [6, 6.07) is 0.0723. The molecular weight excluding hydrogens is 273 g/mol. The standard InChI is InChI=1S/C12H21F3N4O/c1-9-6-17-10(7-16-9)11(20)19-4-2-18(3-5-19)8-12(13,14)15/h9-10,16-17H,2-8H2,1H3. The zero-order valence-electron chi connectivity index (χ0n) is 11.5. The first kappa shape index (κ1) is 15.5. The number of alkyl halides is 3. The van der Waals surface area contributed by atoms with Crippen LogP contribution in [0.3, 0.4) is 0 Å². The van der Waals surface area contributed by atoms with E-state index in [1.807, 2.05) is 6.92 Å². The number of nitrogens with zero attached hydrogens (tertiary/aromatic N) is 2. The van der Waals surface area contributed by atoms with Crippen molar-refractivity contribution >= 4 is 5.91 Å². The van der Waals surface area contributed by atoms with Crippen LogP contribution >= 0.6 is 0 Å². The Morgan fingerprint density at radius 1 is 1.15 bits per heavy atom. The summed E-state index contributed by atoms with van der Waals surface area (Å²) in [7, 11) is 0. The largest absolute Gasteiger partial charge is 0.401 e. The summed E-state index contributed by atoms with van der Waals surface area (Å²) in [6.45, 7) is 3.72. The van der Waals surface area contributed by atoms with Gasteiger partial charge in [0, 0.05) is 45.3 Å². The van der Waals surface area contributed by atoms with E-state index in [4.69, 9.17) is 0 Å². The second-order valence-corrected chi connectivity index (χ2v) is 5.49. The van der Waals surface area contributed by atoms with E-state index in [1.54, 1.807) is 4.90 Å². The fourth-order valence-electron chi connectivity index (χ4n) is 2.56. The van der Waals surface area contributed by atoms with Gasteiger partial charge in [0.25, 0.3) is 0 Å². The van der Waals surface area contributed by atoms with Crippen LogP contribution in [0.5, 0.6) is 0 Å². The summed E-state index contributed by atoms with van der Waals surface area (Å²) in [6.07, 6.45) is -4.17. The lowest BCUT2D eigenvalue weighted by Crippen LogP contribution is -2.61. The van der Waals surface area contributed by atoms with Crippen LogP contribution in [0.15, 0.2) is 0 Å². The van der Waals surface area contributed by atoms with E-state index in [2.05, 4.69) is 10.6 Å². The van der Waals surface area contributed by atoms with Gasteiger partial charge in [-0.2, -0.15) is 13.2 Å². The van der Waals surface area contributed by atoms with Crippen LogP contribution in [-0.2, 0) is 4.79 Å². The number of amides is 1. The topological polar surface area (TPSA) is 47.6 Å². The van der Waals surface area contributed by atoms with E-state index in [-0.39, 0.29) is 25.0 Å². The molecule has 8 heteroatoms. The summed E-state index contributed by atoms with van der Waals surface area (Å²) in [4.78, 5) is 15.2. The highest BCUT2D eigenvalue weighted by atomic mass is 19.4. The molecular formula is C12H21F3N4O. The van der Waals surface area contributed by atoms with E-state index in [0.29, 0.717) is 25.7 Å². The summed E-state index contributed by atoms with van der Waals surface area (Å²) in [5, 5.41) is 6.39. The van der Waals surface area contributed by atoms with Crippen molar-refractivity contribution in [2.75, 3.05) is 45.8 Å². The van der Waals surface area contributed by atoms with Gasteiger partial charge in [-0.25, -0.2) is 0 Å². The third kappa shape index (κ3) is 4.32. The molecule has 2 N–H and O–H groups in total. The van der Waals surface area contributed by atoms with Crippen LogP contribution in [0, 0.1) is 0 Å². The van der Waals surface area contributed by atoms with E-state index in [0.717, 1.165) is 6.54 Å². The first-order chi connectivity index (χ1) is 9.35. The van der Waals surface area contributed by atoms with Gasteiger partial charge in [-0.15, -0.1) is 0 Å². The molecule has 0 bridgehead atoms. The highest BCUT2D eigenvalue weighted by Gasteiger charge is 2.34. The fraction of sp³-hybridized carbons (Fsp3) is 0.917. The maximum absolute atomic E-state index is 12.3. The first-order valence-corrected chi connectivity index (χ1v) is 6.90. The Balaban J connectivity index is 1.77. The van der Waals surface area contributed by atoms with Crippen molar-refractivity contribution in [1.29, 1.82) is 0 Å². The van der Waals surface area contributed by atoms with Crippen LogP contribution in [0.2, 0.25) is 0 Å². The van der Waals surface area contributed by atoms with Gasteiger partial charge >= 0.3 is 6.18 Å². The highest BCUT2D eigenvalue weighted by Crippen LogP contribution is 2.17. The molecule has 0 aromatic carbocycles. The lowest BCUT2D eigenvalue weighted by molar-refractivity contribution is -0.152. The number of piperazine rings is 2. The van der Waals surface area contributed by atoms with Gasteiger partial charge in [-0.05, 0) is 6.92 Å². The second-order valence-electron chi connectivity index (χ2n) is 5.49. The predicted octanol–water partition coefficient (Wildman–Crippen LogP) is -0.357. The molecule has 116 valence electrons. The van der Waals surface area contributed by atoms with Crippen molar-refractivity contribution in [2.24, 2.45) is 0 Å². The SMILES string of the molecule is CC1CNC(C(=O)N2CCN(CC(F)(F)F)CC2)CN1. The van der Waals surface area contributed by atoms with Gasteiger partial charge in [0.1, 0.15) is 0 Å². The van der Waals surface area contributed by atoms with Gasteiger partial charge in [0.15, 0.2) is 0 Å². The Labute approximate surface area is 116 Å². The molecule has 2 unspecified atom stereocenters. The van der Waals surface area contributed by atoms with Gasteiger partial charge in [-0.3, -0.25) is 9.69 Å². The normalized spacial score (nSPS) is 29.5. The van der Waals surface area contributed by atoms with Gasteiger partial charge < -0.3 is 15.5 Å². The van der Waals surface area contributed by atoms with Crippen molar-refractivity contribution in [1.82, 2.24) is 20.4 Å². The molecule has 5 nitrogen and oxygen atoms in total. The molecule has 0 aromatic heterocycles. The van der Waals surface area contributed by atoms with Gasteiger partial charge in [0.2, 0.25) is 5.91 Å². The van der Waals surface area contributed by atoms with E-state index < -0.39 is 12.7 Å². The summed E-state index contributed by atoms with van der Waals surface area (Å²) in [5.41, 5.74) is 0. The maximum Gasteiger partial charge on any atom is 0.401 e. The molecule has 2 aliphatic rings. The molecule has 2 saturated heterocycles. The van der Waals surface area contributed by atoms with Crippen LogP contribution in [-0.4, -0.2) is 79.8 Å². The summed E-state index contributed by atoms with van der Waals surface area (Å²) in [5.74, 6) is -0.0175. The van der Waals surface area contributed by atoms with Crippen molar-refractivity contribution in [3.05, 3.63) is 0 Å². The summed E-state index contributed by atoms with van der Waals surface area (Å²) < 4.78 is 36.8. The van der Waals surface area contributed by atoms with Gasteiger partial charge in [0.05, 0.1) is 12.6 Å². The zero-order chi connectivity index (χ0) is 14.8. The van der Waals surface area contributed by atoms with E-state index in [9.17, 15) is 18.0 Å². The molecule has 1 amide bonds. The molecule has 0 aliphatic carbocycles. The average molecular weight is 294 g/mol. The van der Waals surface area contributed by atoms with Crippen LogP contribution in [0.4, 0.5) is 13.2 Å². The smallest absolute Gasteiger partial charge is 0.339 e. The number of rotatable bonds is 2. The van der Waals surface area contributed by atoms with E-state index in [1.165, 1.54) is 4.90 Å².